The van der Waals surface area contributed by atoms with E-state index in [0.717, 1.165) is 0 Å². The lowest BCUT2D eigenvalue weighted by Gasteiger charge is -2.06. The Balaban J connectivity index is 1.48. The Labute approximate surface area is 230 Å². The molecule has 2 fully saturated rings. The Kier molecular flexibility index (Phi) is 6.14. The minimum Gasteiger partial charge on any atom is -0.0564 e. The van der Waals surface area contributed by atoms with Crippen LogP contribution in [0, 0.1) is 67.2 Å². The molecule has 0 saturated heterocycles. The molecule has 0 aliphatic heterocycles. The molecule has 0 spiro atoms. The molecule has 4 atom stereocenters. The number of hydrogen-bond acceptors (Lipinski definition) is 0. The molecule has 0 N–H and O–H groups in total. The van der Waals surface area contributed by atoms with Crippen molar-refractivity contribution >= 4 is 0 Å². The van der Waals surface area contributed by atoms with Crippen LogP contribution in [0.4, 0.5) is 0 Å². The lowest BCUT2D eigenvalue weighted by atomic mass is 9.99. The molecule has 0 nitrogen and oxygen atoms in total. The molecule has 6 rings (SSSR count). The Bertz CT molecular complexity index is 1220. The number of benzene rings is 4. The fourth-order valence-corrected chi connectivity index (χ4v) is 8.15. The minimum atomic E-state index is 0.587. The van der Waals surface area contributed by atoms with E-state index < -0.39 is 0 Å². The van der Waals surface area contributed by atoms with Crippen LogP contribution in [0.3, 0.4) is 0 Å². The van der Waals surface area contributed by atoms with Gasteiger partial charge in [-0.1, -0.05) is 117 Å². The van der Waals surface area contributed by atoms with Gasteiger partial charge in [0.15, 0.2) is 0 Å². The second-order valence-corrected chi connectivity index (χ2v) is 12.9. The van der Waals surface area contributed by atoms with Gasteiger partial charge in [-0.15, -0.1) is 0 Å². The van der Waals surface area contributed by atoms with Crippen LogP contribution < -0.4 is 0 Å². The third kappa shape index (κ3) is 4.64. The van der Waals surface area contributed by atoms with Gasteiger partial charge >= 0.3 is 0 Å². The van der Waals surface area contributed by atoms with E-state index in [1.165, 1.54) is 44.5 Å². The first kappa shape index (κ1) is 25.2. The Morgan fingerprint density at radius 1 is 0.263 bits per heavy atom. The summed E-state index contributed by atoms with van der Waals surface area (Å²) in [6.07, 6.45) is 0. The van der Waals surface area contributed by atoms with Crippen molar-refractivity contribution in [2.75, 3.05) is 0 Å². The lowest BCUT2D eigenvalue weighted by molar-refractivity contribution is 0.638. The summed E-state index contributed by atoms with van der Waals surface area (Å²) < 4.78 is 0. The quantitative estimate of drug-likeness (QED) is 0.257. The molecule has 4 aromatic rings. The van der Waals surface area contributed by atoms with Crippen molar-refractivity contribution in [3.8, 4) is 0 Å². The number of rotatable bonds is 5. The van der Waals surface area contributed by atoms with E-state index in [9.17, 15) is 0 Å². The maximum absolute atomic E-state index is 2.47. The van der Waals surface area contributed by atoms with Crippen LogP contribution in [0.1, 0.15) is 90.4 Å². The highest BCUT2D eigenvalue weighted by Gasteiger charge is 2.67. The Hall–Kier alpha value is -3.12. The van der Waals surface area contributed by atoms with E-state index in [4.69, 9.17) is 0 Å². The molecular weight excluding hydrogens is 456 g/mol. The minimum absolute atomic E-state index is 0.587. The van der Waals surface area contributed by atoms with E-state index in [0.29, 0.717) is 35.5 Å². The zero-order valence-corrected chi connectivity index (χ0v) is 24.4. The van der Waals surface area contributed by atoms with Crippen LogP contribution in [-0.2, 0) is 0 Å². The first-order chi connectivity index (χ1) is 18.1. The molecule has 38 heavy (non-hydrogen) atoms. The van der Waals surface area contributed by atoms with Crippen LogP contribution in [0.25, 0.3) is 0 Å². The highest BCUT2D eigenvalue weighted by Crippen LogP contribution is 2.77. The van der Waals surface area contributed by atoms with Crippen LogP contribution in [0.5, 0.6) is 0 Å². The van der Waals surface area contributed by atoms with Gasteiger partial charge in [-0.25, -0.2) is 0 Å². The van der Waals surface area contributed by atoms with Crippen molar-refractivity contribution in [2.24, 2.45) is 11.8 Å². The predicted octanol–water partition coefficient (Wildman–Crippen LogP) is 9.85. The first-order valence-electron chi connectivity index (χ1n) is 14.4. The molecule has 0 bridgehead atoms. The molecule has 0 aromatic heterocycles. The smallest absolute Gasteiger partial charge is 0.00524 e. The summed E-state index contributed by atoms with van der Waals surface area (Å²) >= 11 is 0. The third-order valence-electron chi connectivity index (χ3n) is 9.11. The zero-order chi connectivity index (χ0) is 26.9. The second-order valence-electron chi connectivity index (χ2n) is 12.9. The van der Waals surface area contributed by atoms with Crippen molar-refractivity contribution in [1.82, 2.24) is 0 Å². The summed E-state index contributed by atoms with van der Waals surface area (Å²) in [4.78, 5) is 0. The van der Waals surface area contributed by atoms with Gasteiger partial charge in [-0.3, -0.25) is 0 Å². The predicted molar refractivity (Wildman–Crippen MR) is 162 cm³/mol. The van der Waals surface area contributed by atoms with E-state index in [1.807, 2.05) is 0 Å². The van der Waals surface area contributed by atoms with Gasteiger partial charge in [-0.2, -0.15) is 0 Å². The molecule has 0 amide bonds. The molecule has 0 heteroatoms. The van der Waals surface area contributed by atoms with Crippen LogP contribution in [-0.4, -0.2) is 0 Å². The van der Waals surface area contributed by atoms with Crippen molar-refractivity contribution in [2.45, 2.75) is 79.1 Å². The molecule has 0 heterocycles. The summed E-state index contributed by atoms with van der Waals surface area (Å²) in [5.41, 5.74) is 17.3. The largest absolute Gasteiger partial charge is 0.0564 e. The summed E-state index contributed by atoms with van der Waals surface area (Å²) in [5, 5.41) is 0. The zero-order valence-electron chi connectivity index (χ0n) is 24.4. The van der Waals surface area contributed by atoms with Gasteiger partial charge in [0.2, 0.25) is 0 Å². The van der Waals surface area contributed by atoms with Gasteiger partial charge in [0.1, 0.15) is 0 Å². The lowest BCUT2D eigenvalue weighted by Crippen LogP contribution is -1.93. The fourth-order valence-electron chi connectivity index (χ4n) is 8.15. The molecular formula is C38H42. The van der Waals surface area contributed by atoms with Gasteiger partial charge in [0, 0.05) is 0 Å². The van der Waals surface area contributed by atoms with Crippen molar-refractivity contribution in [3.05, 3.63) is 140 Å². The van der Waals surface area contributed by atoms with E-state index in [1.54, 1.807) is 22.3 Å². The third-order valence-corrected chi connectivity index (χ3v) is 9.11. The van der Waals surface area contributed by atoms with Crippen LogP contribution in [0.2, 0.25) is 0 Å². The Morgan fingerprint density at radius 2 is 0.421 bits per heavy atom. The summed E-state index contributed by atoms with van der Waals surface area (Å²) in [6.45, 7) is 18.1. The highest BCUT2D eigenvalue weighted by atomic mass is 14.7. The second kappa shape index (κ2) is 9.26. The molecule has 2 aliphatic carbocycles. The number of aryl methyl sites for hydroxylation is 8. The average Bonchev–Trinajstić information content (AvgIpc) is 3.68. The molecule has 2 aliphatic rings. The average molecular weight is 499 g/mol. The van der Waals surface area contributed by atoms with Crippen molar-refractivity contribution in [3.63, 3.8) is 0 Å². The summed E-state index contributed by atoms with van der Waals surface area (Å²) in [7, 11) is 0. The maximum atomic E-state index is 2.47. The highest BCUT2D eigenvalue weighted by molar-refractivity contribution is 5.51. The molecule has 2 saturated carbocycles. The Morgan fingerprint density at radius 3 is 0.579 bits per heavy atom. The van der Waals surface area contributed by atoms with Crippen LogP contribution in [0.15, 0.2) is 72.8 Å². The summed E-state index contributed by atoms with van der Waals surface area (Å²) in [6, 6.07) is 29.0. The summed E-state index contributed by atoms with van der Waals surface area (Å²) in [5.74, 6) is 3.67. The van der Waals surface area contributed by atoms with E-state index in [-0.39, 0.29) is 0 Å². The monoisotopic (exact) mass is 498 g/mol. The standard InChI is InChI=1S/C38H42/c1-21-9-22(2)14-29(13-21)33-34(30-15-23(3)10-24(4)16-30)37(33)38-35(31-17-25(5)11-26(6)18-31)36(38)32-19-27(7)12-28(8)20-32/h9-20,33-38H,1-8H3/t33-,34-,35+,36+. The van der Waals surface area contributed by atoms with Crippen molar-refractivity contribution in [1.29, 1.82) is 0 Å². The number of hydrogen-bond donors (Lipinski definition) is 0. The first-order valence-corrected chi connectivity index (χ1v) is 14.4. The van der Waals surface area contributed by atoms with Gasteiger partial charge in [0.25, 0.3) is 0 Å². The fraction of sp³-hybridized carbons (Fsp3) is 0.368. The van der Waals surface area contributed by atoms with E-state index in [2.05, 4.69) is 128 Å². The van der Waals surface area contributed by atoms with E-state index >= 15 is 0 Å². The maximum Gasteiger partial charge on any atom is -0.00524 e. The van der Waals surface area contributed by atoms with Gasteiger partial charge in [0.05, 0.1) is 0 Å². The van der Waals surface area contributed by atoms with Crippen LogP contribution >= 0.6 is 0 Å². The van der Waals surface area contributed by atoms with Gasteiger partial charge < -0.3 is 0 Å². The normalized spacial score (nSPS) is 25.9. The SMILES string of the molecule is Cc1cc(C)cc([C@@H]2C(C3[C@H](c4cc(C)cc(C)c4)[C@H]3c3cc(C)cc(C)c3)[C@H]2c2cc(C)cc(C)c2)c1. The van der Waals surface area contributed by atoms with Gasteiger partial charge in [-0.05, 0) is 113 Å². The molecule has 0 radical (unpaired) electrons. The van der Waals surface area contributed by atoms with Crippen molar-refractivity contribution < 1.29 is 0 Å². The molecule has 194 valence electrons. The molecule has 4 aromatic carbocycles. The molecule has 0 unspecified atom stereocenters. The topological polar surface area (TPSA) is 0 Å².